The summed E-state index contributed by atoms with van der Waals surface area (Å²) < 4.78 is 24.9. The van der Waals surface area contributed by atoms with Gasteiger partial charge in [0.2, 0.25) is 15.9 Å². The SMILES string of the molecule is CCS(=O)(=O)N1CCC(C(=O)NCC2(CO)CC2)CC1. The largest absolute Gasteiger partial charge is 0.396 e. The average molecular weight is 304 g/mol. The number of carbonyl (C=O) groups is 1. The van der Waals surface area contributed by atoms with Crippen molar-refractivity contribution in [3.8, 4) is 0 Å². The summed E-state index contributed by atoms with van der Waals surface area (Å²) in [6, 6.07) is 0. The summed E-state index contributed by atoms with van der Waals surface area (Å²) in [7, 11) is -3.13. The molecule has 6 nitrogen and oxygen atoms in total. The van der Waals surface area contributed by atoms with Crippen LogP contribution in [0.25, 0.3) is 0 Å². The molecule has 0 bridgehead atoms. The van der Waals surface area contributed by atoms with Gasteiger partial charge in [-0.3, -0.25) is 4.79 Å². The van der Waals surface area contributed by atoms with E-state index >= 15 is 0 Å². The van der Waals surface area contributed by atoms with E-state index in [1.807, 2.05) is 0 Å². The maximum atomic E-state index is 12.1. The third-order valence-electron chi connectivity index (χ3n) is 4.51. The van der Waals surface area contributed by atoms with Crippen LogP contribution in [0.3, 0.4) is 0 Å². The highest BCUT2D eigenvalue weighted by atomic mass is 32.2. The fourth-order valence-corrected chi connectivity index (χ4v) is 3.70. The quantitative estimate of drug-likeness (QED) is 0.719. The number of amides is 1. The highest BCUT2D eigenvalue weighted by Crippen LogP contribution is 2.44. The van der Waals surface area contributed by atoms with Crippen LogP contribution >= 0.6 is 0 Å². The molecule has 2 N–H and O–H groups in total. The van der Waals surface area contributed by atoms with Gasteiger partial charge in [0.15, 0.2) is 0 Å². The Hall–Kier alpha value is -0.660. The van der Waals surface area contributed by atoms with Gasteiger partial charge in [-0.1, -0.05) is 0 Å². The summed E-state index contributed by atoms with van der Waals surface area (Å²) in [6.07, 6.45) is 3.10. The van der Waals surface area contributed by atoms with E-state index in [-0.39, 0.29) is 29.6 Å². The second-order valence-corrected chi connectivity index (χ2v) is 8.21. The van der Waals surface area contributed by atoms with E-state index in [4.69, 9.17) is 0 Å². The minimum absolute atomic E-state index is 0.00160. The smallest absolute Gasteiger partial charge is 0.223 e. The molecule has 20 heavy (non-hydrogen) atoms. The van der Waals surface area contributed by atoms with Crippen molar-refractivity contribution in [2.24, 2.45) is 11.3 Å². The van der Waals surface area contributed by atoms with Gasteiger partial charge in [-0.2, -0.15) is 0 Å². The first-order valence-corrected chi connectivity index (χ1v) is 8.90. The zero-order chi connectivity index (χ0) is 14.8. The first-order chi connectivity index (χ1) is 9.42. The van der Waals surface area contributed by atoms with Crippen LogP contribution < -0.4 is 5.32 Å². The van der Waals surface area contributed by atoms with Crippen molar-refractivity contribution >= 4 is 15.9 Å². The van der Waals surface area contributed by atoms with Gasteiger partial charge in [0, 0.05) is 31.0 Å². The predicted octanol–water partition coefficient (Wildman–Crippen LogP) is -0.0632. The molecule has 0 unspecified atom stereocenters. The normalized spacial score (nSPS) is 23.5. The van der Waals surface area contributed by atoms with Crippen LogP contribution in [0.4, 0.5) is 0 Å². The minimum Gasteiger partial charge on any atom is -0.396 e. The van der Waals surface area contributed by atoms with E-state index in [9.17, 15) is 18.3 Å². The molecule has 116 valence electrons. The molecule has 0 radical (unpaired) electrons. The lowest BCUT2D eigenvalue weighted by Gasteiger charge is -2.30. The number of nitrogens with one attached hydrogen (secondary N) is 1. The van der Waals surface area contributed by atoms with Crippen LogP contribution in [0.1, 0.15) is 32.6 Å². The molecule has 2 rings (SSSR count). The molecule has 1 amide bonds. The fraction of sp³-hybridized carbons (Fsp3) is 0.923. The van der Waals surface area contributed by atoms with Gasteiger partial charge in [0.1, 0.15) is 0 Å². The number of aliphatic hydroxyl groups excluding tert-OH is 1. The lowest BCUT2D eigenvalue weighted by molar-refractivity contribution is -0.126. The van der Waals surface area contributed by atoms with Crippen molar-refractivity contribution in [2.75, 3.05) is 32.0 Å². The van der Waals surface area contributed by atoms with E-state index in [2.05, 4.69) is 5.32 Å². The Morgan fingerprint density at radius 1 is 1.35 bits per heavy atom. The number of carbonyl (C=O) groups excluding carboxylic acids is 1. The van der Waals surface area contributed by atoms with Crippen LogP contribution in [0, 0.1) is 11.3 Å². The molecule has 1 aliphatic carbocycles. The second kappa shape index (κ2) is 5.99. The Kier molecular flexibility index (Phi) is 4.71. The maximum Gasteiger partial charge on any atom is 0.223 e. The fourth-order valence-electron chi connectivity index (χ4n) is 2.57. The third-order valence-corrected chi connectivity index (χ3v) is 6.39. The number of hydrogen-bond donors (Lipinski definition) is 2. The molecule has 2 fully saturated rings. The second-order valence-electron chi connectivity index (χ2n) is 5.95. The predicted molar refractivity (Wildman–Crippen MR) is 75.5 cm³/mol. The van der Waals surface area contributed by atoms with Gasteiger partial charge in [-0.25, -0.2) is 12.7 Å². The van der Waals surface area contributed by atoms with Crippen LogP contribution in [-0.4, -0.2) is 55.7 Å². The Bertz CT molecular complexity index is 451. The molecule has 0 spiro atoms. The van der Waals surface area contributed by atoms with E-state index in [1.54, 1.807) is 6.92 Å². The molecular formula is C13H24N2O4S. The molecule has 1 saturated carbocycles. The van der Waals surface area contributed by atoms with Gasteiger partial charge < -0.3 is 10.4 Å². The van der Waals surface area contributed by atoms with Crippen molar-refractivity contribution in [3.05, 3.63) is 0 Å². The van der Waals surface area contributed by atoms with Crippen LogP contribution in [-0.2, 0) is 14.8 Å². The van der Waals surface area contributed by atoms with Crippen molar-refractivity contribution < 1.29 is 18.3 Å². The molecule has 0 aromatic carbocycles. The third kappa shape index (κ3) is 3.51. The first kappa shape index (κ1) is 15.7. The highest BCUT2D eigenvalue weighted by molar-refractivity contribution is 7.89. The topological polar surface area (TPSA) is 86.7 Å². The molecule has 0 atom stereocenters. The molecule has 0 aromatic heterocycles. The molecular weight excluding hydrogens is 280 g/mol. The molecule has 1 saturated heterocycles. The number of piperidine rings is 1. The van der Waals surface area contributed by atoms with Gasteiger partial charge >= 0.3 is 0 Å². The molecule has 1 aliphatic heterocycles. The monoisotopic (exact) mass is 304 g/mol. The van der Waals surface area contributed by atoms with Gasteiger partial charge in [-0.05, 0) is 32.6 Å². The van der Waals surface area contributed by atoms with E-state index < -0.39 is 10.0 Å². The zero-order valence-electron chi connectivity index (χ0n) is 12.0. The van der Waals surface area contributed by atoms with Gasteiger partial charge in [0.05, 0.1) is 12.4 Å². The number of hydrogen-bond acceptors (Lipinski definition) is 4. The highest BCUT2D eigenvalue weighted by Gasteiger charge is 2.42. The lowest BCUT2D eigenvalue weighted by atomic mass is 9.97. The molecule has 2 aliphatic rings. The van der Waals surface area contributed by atoms with Gasteiger partial charge in [-0.15, -0.1) is 0 Å². The van der Waals surface area contributed by atoms with Gasteiger partial charge in [0.25, 0.3) is 0 Å². The molecule has 0 aromatic rings. The van der Waals surface area contributed by atoms with Crippen LogP contribution in [0.5, 0.6) is 0 Å². The molecule has 7 heteroatoms. The zero-order valence-corrected chi connectivity index (χ0v) is 12.8. The first-order valence-electron chi connectivity index (χ1n) is 7.29. The minimum atomic E-state index is -3.13. The van der Waals surface area contributed by atoms with Crippen molar-refractivity contribution in [2.45, 2.75) is 32.6 Å². The van der Waals surface area contributed by atoms with Crippen molar-refractivity contribution in [1.29, 1.82) is 0 Å². The Balaban J connectivity index is 1.77. The standard InChI is InChI=1S/C13H24N2O4S/c1-2-20(18,19)15-7-3-11(4-8-15)12(17)14-9-13(10-16)5-6-13/h11,16H,2-10H2,1H3,(H,14,17). The lowest BCUT2D eigenvalue weighted by Crippen LogP contribution is -2.44. The number of nitrogens with zero attached hydrogens (tertiary/aromatic N) is 1. The number of rotatable bonds is 6. The van der Waals surface area contributed by atoms with Crippen LogP contribution in [0.2, 0.25) is 0 Å². The molecule has 1 heterocycles. The number of aliphatic hydroxyl groups is 1. The van der Waals surface area contributed by atoms with Crippen molar-refractivity contribution in [1.82, 2.24) is 9.62 Å². The average Bonchev–Trinajstić information content (AvgIpc) is 3.25. The summed E-state index contributed by atoms with van der Waals surface area (Å²) in [5.41, 5.74) is -0.0814. The van der Waals surface area contributed by atoms with E-state index in [1.165, 1.54) is 4.31 Å². The summed E-state index contributed by atoms with van der Waals surface area (Å²) in [6.45, 7) is 3.16. The summed E-state index contributed by atoms with van der Waals surface area (Å²) in [5.74, 6) is 0.00848. The Morgan fingerprint density at radius 3 is 2.40 bits per heavy atom. The summed E-state index contributed by atoms with van der Waals surface area (Å²) in [5, 5.41) is 12.1. The number of sulfonamides is 1. The van der Waals surface area contributed by atoms with E-state index in [0.29, 0.717) is 32.5 Å². The Morgan fingerprint density at radius 2 is 1.95 bits per heavy atom. The summed E-state index contributed by atoms with van der Waals surface area (Å²) in [4.78, 5) is 12.1. The van der Waals surface area contributed by atoms with Crippen molar-refractivity contribution in [3.63, 3.8) is 0 Å². The van der Waals surface area contributed by atoms with E-state index in [0.717, 1.165) is 12.8 Å². The summed E-state index contributed by atoms with van der Waals surface area (Å²) >= 11 is 0. The maximum absolute atomic E-state index is 12.1. The van der Waals surface area contributed by atoms with Crippen LogP contribution in [0.15, 0.2) is 0 Å². The Labute approximate surface area is 120 Å².